The zero-order valence-corrected chi connectivity index (χ0v) is 20.8. The van der Waals surface area contributed by atoms with E-state index in [1.165, 1.54) is 16.4 Å². The van der Waals surface area contributed by atoms with Crippen molar-refractivity contribution in [2.75, 3.05) is 13.1 Å². The summed E-state index contributed by atoms with van der Waals surface area (Å²) in [6, 6.07) is 19.5. The number of nitrogens with zero attached hydrogens (tertiary/aromatic N) is 2. The zero-order chi connectivity index (χ0) is 24.3. The van der Waals surface area contributed by atoms with Crippen LogP contribution in [0.4, 0.5) is 0 Å². The number of halogens is 1. The lowest BCUT2D eigenvalue weighted by atomic mass is 9.90. The molecule has 3 aromatic rings. The van der Waals surface area contributed by atoms with Gasteiger partial charge in [-0.05, 0) is 68.7 Å². The fraction of sp³-hybridized carbons (Fsp3) is 0.308. The van der Waals surface area contributed by atoms with Crippen molar-refractivity contribution in [1.82, 2.24) is 14.6 Å². The first-order valence-electron chi connectivity index (χ1n) is 11.3. The summed E-state index contributed by atoms with van der Waals surface area (Å²) >= 11 is 5.91. The fourth-order valence-electron chi connectivity index (χ4n) is 4.30. The lowest BCUT2D eigenvalue weighted by Gasteiger charge is -2.31. The number of benzene rings is 2. The largest absolute Gasteiger partial charge is 0.345 e. The summed E-state index contributed by atoms with van der Waals surface area (Å²) in [5, 5.41) is 3.57. The summed E-state index contributed by atoms with van der Waals surface area (Å²) in [5.41, 5.74) is 3.14. The van der Waals surface area contributed by atoms with Crippen LogP contribution in [0.25, 0.3) is 0 Å². The summed E-state index contributed by atoms with van der Waals surface area (Å²) in [6.45, 7) is 4.59. The quantitative estimate of drug-likeness (QED) is 0.513. The minimum atomic E-state index is -3.59. The van der Waals surface area contributed by atoms with Crippen LogP contribution in [0.3, 0.4) is 0 Å². The predicted octanol–water partition coefficient (Wildman–Crippen LogP) is 5.10. The topological polar surface area (TPSA) is 79.4 Å². The molecule has 0 saturated carbocycles. The summed E-state index contributed by atoms with van der Waals surface area (Å²) < 4.78 is 27.6. The summed E-state index contributed by atoms with van der Waals surface area (Å²) in [4.78, 5) is 18.1. The van der Waals surface area contributed by atoms with Gasteiger partial charge in [-0.2, -0.15) is 4.31 Å². The number of sulfonamides is 1. The van der Waals surface area contributed by atoms with Gasteiger partial charge in [-0.15, -0.1) is 0 Å². The van der Waals surface area contributed by atoms with Gasteiger partial charge < -0.3 is 5.32 Å². The molecule has 1 aliphatic rings. The maximum atomic E-state index is 13.2. The van der Waals surface area contributed by atoms with Crippen molar-refractivity contribution in [3.63, 3.8) is 0 Å². The number of carbonyl (C=O) groups excluding carboxylic acids is 1. The number of rotatable bonds is 6. The summed E-state index contributed by atoms with van der Waals surface area (Å²) in [6.07, 6.45) is 1.19. The number of hydrogen-bond donors (Lipinski definition) is 1. The Balaban J connectivity index is 1.49. The zero-order valence-electron chi connectivity index (χ0n) is 19.2. The average Bonchev–Trinajstić information content (AvgIpc) is 2.84. The molecule has 0 radical (unpaired) electrons. The Hall–Kier alpha value is -2.74. The van der Waals surface area contributed by atoms with Crippen LogP contribution in [0.1, 0.15) is 59.0 Å². The molecule has 1 amide bonds. The molecule has 0 spiro atoms. The second-order valence-electron chi connectivity index (χ2n) is 8.62. The van der Waals surface area contributed by atoms with E-state index in [0.717, 1.165) is 17.0 Å². The van der Waals surface area contributed by atoms with E-state index < -0.39 is 10.0 Å². The van der Waals surface area contributed by atoms with Crippen LogP contribution in [0, 0.1) is 6.92 Å². The van der Waals surface area contributed by atoms with E-state index >= 15 is 0 Å². The van der Waals surface area contributed by atoms with Gasteiger partial charge in [-0.25, -0.2) is 8.42 Å². The van der Waals surface area contributed by atoms with Gasteiger partial charge in [0.2, 0.25) is 10.0 Å². The van der Waals surface area contributed by atoms with Crippen molar-refractivity contribution >= 4 is 27.5 Å². The van der Waals surface area contributed by atoms with Crippen LogP contribution in [0.15, 0.2) is 71.6 Å². The maximum absolute atomic E-state index is 13.2. The predicted molar refractivity (Wildman–Crippen MR) is 133 cm³/mol. The van der Waals surface area contributed by atoms with Gasteiger partial charge in [-0.3, -0.25) is 9.78 Å². The molecule has 1 unspecified atom stereocenters. The monoisotopic (exact) mass is 497 g/mol. The van der Waals surface area contributed by atoms with E-state index in [9.17, 15) is 13.2 Å². The molecule has 2 aromatic carbocycles. The summed E-state index contributed by atoms with van der Waals surface area (Å²) in [5.74, 6) is -0.167. The minimum absolute atomic E-state index is 0.00403. The van der Waals surface area contributed by atoms with Crippen molar-refractivity contribution in [1.29, 1.82) is 0 Å². The third kappa shape index (κ3) is 5.32. The van der Waals surface area contributed by atoms with Crippen LogP contribution in [-0.2, 0) is 10.0 Å². The van der Waals surface area contributed by atoms with Gasteiger partial charge >= 0.3 is 0 Å². The highest BCUT2D eigenvalue weighted by molar-refractivity contribution is 7.89. The Morgan fingerprint density at radius 3 is 2.32 bits per heavy atom. The summed E-state index contributed by atoms with van der Waals surface area (Å²) in [7, 11) is -3.59. The number of amides is 1. The van der Waals surface area contributed by atoms with Crippen LogP contribution in [0.5, 0.6) is 0 Å². The number of aryl methyl sites for hydroxylation is 1. The Morgan fingerprint density at radius 2 is 1.68 bits per heavy atom. The maximum Gasteiger partial charge on any atom is 0.253 e. The number of piperidine rings is 1. The number of aromatic nitrogens is 1. The number of carbonyl (C=O) groups is 1. The van der Waals surface area contributed by atoms with Crippen LogP contribution in [-0.4, -0.2) is 36.7 Å². The average molecular weight is 498 g/mol. The molecular formula is C26H28ClN3O3S. The van der Waals surface area contributed by atoms with Gasteiger partial charge in [0.15, 0.2) is 0 Å². The highest BCUT2D eigenvalue weighted by Gasteiger charge is 2.32. The Kier molecular flexibility index (Phi) is 7.36. The van der Waals surface area contributed by atoms with E-state index in [0.29, 0.717) is 36.5 Å². The normalized spacial score (nSPS) is 16.2. The molecule has 1 N–H and O–H groups in total. The second-order valence-corrected chi connectivity index (χ2v) is 11.0. The first-order chi connectivity index (χ1) is 16.3. The van der Waals surface area contributed by atoms with E-state index in [1.807, 2.05) is 56.3 Å². The molecule has 6 nitrogen and oxygen atoms in total. The van der Waals surface area contributed by atoms with Crippen LogP contribution >= 0.6 is 11.6 Å². The van der Waals surface area contributed by atoms with E-state index in [-0.39, 0.29) is 22.8 Å². The molecule has 1 aromatic heterocycles. The SMILES string of the molecule is Cc1ccc(C(=O)NC(C)c2ccccc2)c(C2CCN(S(=O)(=O)c3ccc(Cl)cc3)CC2)n1. The lowest BCUT2D eigenvalue weighted by Crippen LogP contribution is -2.38. The standard InChI is InChI=1S/C26H28ClN3O3S/c1-18-8-13-24(26(31)29-19(2)20-6-4-3-5-7-20)25(28-18)21-14-16-30(17-15-21)34(32,33)23-11-9-22(27)10-12-23/h3-13,19,21H,14-17H2,1-2H3,(H,29,31). The molecule has 4 rings (SSSR count). The molecule has 0 aliphatic carbocycles. The van der Waals surface area contributed by atoms with Crippen molar-refractivity contribution in [2.45, 2.75) is 43.5 Å². The molecular weight excluding hydrogens is 470 g/mol. The fourth-order valence-corrected chi connectivity index (χ4v) is 5.90. The third-order valence-corrected chi connectivity index (χ3v) is 8.41. The van der Waals surface area contributed by atoms with E-state index in [4.69, 9.17) is 16.6 Å². The van der Waals surface area contributed by atoms with Crippen molar-refractivity contribution in [2.24, 2.45) is 0 Å². The van der Waals surface area contributed by atoms with Crippen LogP contribution in [0.2, 0.25) is 5.02 Å². The molecule has 1 saturated heterocycles. The molecule has 1 atom stereocenters. The highest BCUT2D eigenvalue weighted by Crippen LogP contribution is 2.32. The Morgan fingerprint density at radius 1 is 1.03 bits per heavy atom. The number of pyridine rings is 1. The van der Waals surface area contributed by atoms with Gasteiger partial charge in [0, 0.05) is 29.7 Å². The second kappa shape index (κ2) is 10.3. The first-order valence-corrected chi connectivity index (χ1v) is 13.2. The van der Waals surface area contributed by atoms with E-state index in [2.05, 4.69) is 5.32 Å². The Labute approximate surface area is 206 Å². The lowest BCUT2D eigenvalue weighted by molar-refractivity contribution is 0.0937. The highest BCUT2D eigenvalue weighted by atomic mass is 35.5. The van der Waals surface area contributed by atoms with E-state index in [1.54, 1.807) is 12.1 Å². The number of nitrogens with one attached hydrogen (secondary N) is 1. The molecule has 34 heavy (non-hydrogen) atoms. The van der Waals surface area contributed by atoms with Gasteiger partial charge in [0.1, 0.15) is 0 Å². The molecule has 0 bridgehead atoms. The smallest absolute Gasteiger partial charge is 0.253 e. The molecule has 1 aliphatic heterocycles. The molecule has 1 fully saturated rings. The Bertz CT molecular complexity index is 1260. The van der Waals surface area contributed by atoms with Gasteiger partial charge in [0.05, 0.1) is 22.2 Å². The van der Waals surface area contributed by atoms with Crippen molar-refractivity contribution < 1.29 is 13.2 Å². The number of hydrogen-bond acceptors (Lipinski definition) is 4. The van der Waals surface area contributed by atoms with Gasteiger partial charge in [-0.1, -0.05) is 41.9 Å². The molecule has 8 heteroatoms. The first kappa shape index (κ1) is 24.4. The van der Waals surface area contributed by atoms with Crippen molar-refractivity contribution in [3.8, 4) is 0 Å². The third-order valence-electron chi connectivity index (χ3n) is 6.25. The minimum Gasteiger partial charge on any atom is -0.345 e. The van der Waals surface area contributed by atoms with Crippen LogP contribution < -0.4 is 5.32 Å². The van der Waals surface area contributed by atoms with Crippen molar-refractivity contribution in [3.05, 3.63) is 94.3 Å². The molecule has 178 valence electrons. The van der Waals surface area contributed by atoms with Gasteiger partial charge in [0.25, 0.3) is 5.91 Å². The molecule has 2 heterocycles.